The molecule has 1 aromatic heterocycles. The van der Waals surface area contributed by atoms with Crippen LogP contribution in [0.1, 0.15) is 18.9 Å². The van der Waals surface area contributed by atoms with Crippen LogP contribution in [0.15, 0.2) is 29.4 Å². The van der Waals surface area contributed by atoms with Crippen molar-refractivity contribution in [3.8, 4) is 0 Å². The third-order valence-electron chi connectivity index (χ3n) is 5.57. The first kappa shape index (κ1) is 22.4. The molecule has 2 heterocycles. The number of likely N-dealkylation sites (tertiary alicyclic amines) is 1. The van der Waals surface area contributed by atoms with Gasteiger partial charge in [-0.05, 0) is 49.1 Å². The number of aliphatic imine (C=N–C) groups is 1. The molecule has 0 aliphatic carbocycles. The molecule has 2 aromatic rings. The highest BCUT2D eigenvalue weighted by Crippen LogP contribution is 2.22. The summed E-state index contributed by atoms with van der Waals surface area (Å²) in [7, 11) is 1.71. The number of guanidine groups is 1. The number of nitrogens with one attached hydrogen (secondary N) is 2. The summed E-state index contributed by atoms with van der Waals surface area (Å²) in [5.74, 6) is 0.673. The van der Waals surface area contributed by atoms with Gasteiger partial charge in [-0.3, -0.25) is 9.89 Å². The van der Waals surface area contributed by atoms with Gasteiger partial charge < -0.3 is 15.2 Å². The van der Waals surface area contributed by atoms with E-state index in [1.165, 1.54) is 17.0 Å². The van der Waals surface area contributed by atoms with Crippen LogP contribution in [0.5, 0.6) is 0 Å². The second kappa shape index (κ2) is 9.68. The van der Waals surface area contributed by atoms with E-state index in [1.807, 2.05) is 6.20 Å². The fraction of sp³-hybridized carbons (Fsp3) is 0.571. The first-order chi connectivity index (χ1) is 14.3. The molecule has 0 amide bonds. The van der Waals surface area contributed by atoms with E-state index in [2.05, 4.69) is 20.2 Å². The van der Waals surface area contributed by atoms with Gasteiger partial charge >= 0.3 is 6.18 Å². The molecule has 9 heteroatoms. The van der Waals surface area contributed by atoms with Gasteiger partial charge in [0.1, 0.15) is 5.82 Å². The summed E-state index contributed by atoms with van der Waals surface area (Å²) in [5.41, 5.74) is 1.93. The standard InChI is InChI=1S/C21H29F4N5/c1-3-29(14-21(23,24)25)12-15-7-9-30(13-15)20(26-2)27-8-6-16-11-28-19-5-4-17(22)10-18(16)19/h4-5,10-11,15,28H,3,6-9,12-14H2,1-2H3,(H,26,27). The van der Waals surface area contributed by atoms with Crippen LogP contribution in [0.3, 0.4) is 0 Å². The SMILES string of the molecule is CCN(CC1CCN(C(=NC)NCCc2c[nH]c3ccc(F)cc23)C1)CC(F)(F)F. The van der Waals surface area contributed by atoms with Crippen molar-refractivity contribution in [2.75, 3.05) is 46.3 Å². The zero-order valence-corrected chi connectivity index (χ0v) is 17.4. The van der Waals surface area contributed by atoms with Crippen molar-refractivity contribution in [2.24, 2.45) is 10.9 Å². The molecule has 2 N–H and O–H groups in total. The quantitative estimate of drug-likeness (QED) is 0.403. The number of halogens is 4. The highest BCUT2D eigenvalue weighted by atomic mass is 19.4. The number of aromatic amines is 1. The minimum atomic E-state index is -4.17. The Hall–Kier alpha value is -2.29. The maximum Gasteiger partial charge on any atom is 0.401 e. The molecule has 1 aliphatic heterocycles. The van der Waals surface area contributed by atoms with Gasteiger partial charge in [0.25, 0.3) is 0 Å². The molecule has 1 unspecified atom stereocenters. The molecule has 166 valence electrons. The van der Waals surface area contributed by atoms with Crippen molar-refractivity contribution in [1.29, 1.82) is 0 Å². The molecule has 0 spiro atoms. The summed E-state index contributed by atoms with van der Waals surface area (Å²) in [5, 5.41) is 4.20. The van der Waals surface area contributed by atoms with Crippen molar-refractivity contribution in [3.05, 3.63) is 35.8 Å². The fourth-order valence-electron chi connectivity index (χ4n) is 4.10. The molecule has 1 atom stereocenters. The second-order valence-electron chi connectivity index (χ2n) is 7.77. The average Bonchev–Trinajstić information content (AvgIpc) is 3.30. The van der Waals surface area contributed by atoms with Crippen molar-refractivity contribution < 1.29 is 17.6 Å². The number of benzene rings is 1. The minimum absolute atomic E-state index is 0.183. The number of nitrogens with zero attached hydrogens (tertiary/aromatic N) is 3. The number of hydrogen-bond acceptors (Lipinski definition) is 2. The predicted octanol–water partition coefficient (Wildman–Crippen LogP) is 3.63. The van der Waals surface area contributed by atoms with E-state index in [4.69, 9.17) is 0 Å². The maximum atomic E-state index is 13.5. The molecule has 30 heavy (non-hydrogen) atoms. The Balaban J connectivity index is 1.50. The molecule has 1 saturated heterocycles. The molecule has 1 aliphatic rings. The Morgan fingerprint density at radius 2 is 2.17 bits per heavy atom. The van der Waals surface area contributed by atoms with Crippen molar-refractivity contribution >= 4 is 16.9 Å². The van der Waals surface area contributed by atoms with Crippen molar-refractivity contribution in [1.82, 2.24) is 20.1 Å². The van der Waals surface area contributed by atoms with Crippen LogP contribution in [0.4, 0.5) is 17.6 Å². The molecule has 0 saturated carbocycles. The summed E-state index contributed by atoms with van der Waals surface area (Å²) in [6.45, 7) is 3.80. The van der Waals surface area contributed by atoms with Crippen LogP contribution < -0.4 is 5.32 Å². The first-order valence-electron chi connectivity index (χ1n) is 10.3. The van der Waals surface area contributed by atoms with Crippen molar-refractivity contribution in [2.45, 2.75) is 25.9 Å². The first-order valence-corrected chi connectivity index (χ1v) is 10.3. The Labute approximate surface area is 174 Å². The van der Waals surface area contributed by atoms with Gasteiger partial charge in [-0.2, -0.15) is 13.2 Å². The van der Waals surface area contributed by atoms with Crippen LogP contribution in [0.2, 0.25) is 0 Å². The predicted molar refractivity (Wildman–Crippen MR) is 111 cm³/mol. The zero-order chi connectivity index (χ0) is 21.7. The van der Waals surface area contributed by atoms with E-state index in [1.54, 1.807) is 20.0 Å². The van der Waals surface area contributed by atoms with E-state index < -0.39 is 12.7 Å². The number of fused-ring (bicyclic) bond motifs is 1. The van der Waals surface area contributed by atoms with E-state index >= 15 is 0 Å². The lowest BCUT2D eigenvalue weighted by molar-refractivity contribution is -0.146. The largest absolute Gasteiger partial charge is 0.401 e. The Bertz CT molecular complexity index is 861. The topological polar surface area (TPSA) is 46.7 Å². The normalized spacial score (nSPS) is 18.0. The van der Waals surface area contributed by atoms with Crippen LogP contribution in [-0.4, -0.2) is 73.2 Å². The molecule has 5 nitrogen and oxygen atoms in total. The second-order valence-corrected chi connectivity index (χ2v) is 7.77. The summed E-state index contributed by atoms with van der Waals surface area (Å²) >= 11 is 0. The third-order valence-corrected chi connectivity index (χ3v) is 5.57. The number of hydrogen-bond donors (Lipinski definition) is 2. The van der Waals surface area contributed by atoms with Gasteiger partial charge in [0.15, 0.2) is 5.96 Å². The monoisotopic (exact) mass is 427 g/mol. The molecule has 1 fully saturated rings. The lowest BCUT2D eigenvalue weighted by Crippen LogP contribution is -2.42. The highest BCUT2D eigenvalue weighted by Gasteiger charge is 2.33. The summed E-state index contributed by atoms with van der Waals surface area (Å²) in [4.78, 5) is 11.0. The van der Waals surface area contributed by atoms with E-state index in [-0.39, 0.29) is 11.7 Å². The van der Waals surface area contributed by atoms with Gasteiger partial charge in [-0.15, -0.1) is 0 Å². The van der Waals surface area contributed by atoms with Crippen LogP contribution >= 0.6 is 0 Å². The summed E-state index contributed by atoms with van der Waals surface area (Å²) < 4.78 is 51.6. The Kier molecular flexibility index (Phi) is 7.23. The number of aromatic nitrogens is 1. The van der Waals surface area contributed by atoms with E-state index in [0.717, 1.165) is 35.4 Å². The minimum Gasteiger partial charge on any atom is -0.361 e. The molecule has 0 bridgehead atoms. The number of rotatable bonds is 7. The molecule has 1 aromatic carbocycles. The van der Waals surface area contributed by atoms with Crippen molar-refractivity contribution in [3.63, 3.8) is 0 Å². The summed E-state index contributed by atoms with van der Waals surface area (Å²) in [6, 6.07) is 4.69. The van der Waals surface area contributed by atoms with Gasteiger partial charge in [-0.25, -0.2) is 4.39 Å². The van der Waals surface area contributed by atoms with E-state index in [9.17, 15) is 17.6 Å². The molecule has 3 rings (SSSR count). The third kappa shape index (κ3) is 5.87. The maximum absolute atomic E-state index is 13.5. The van der Waals surface area contributed by atoms with Gasteiger partial charge in [0.2, 0.25) is 0 Å². The lowest BCUT2D eigenvalue weighted by atomic mass is 10.1. The van der Waals surface area contributed by atoms with Crippen LogP contribution in [0, 0.1) is 11.7 Å². The summed E-state index contributed by atoms with van der Waals surface area (Å²) in [6.07, 6.45) is -0.733. The van der Waals surface area contributed by atoms with Gasteiger partial charge in [0.05, 0.1) is 6.54 Å². The molecular weight excluding hydrogens is 398 g/mol. The lowest BCUT2D eigenvalue weighted by Gasteiger charge is -2.26. The molecule has 0 radical (unpaired) electrons. The van der Waals surface area contributed by atoms with E-state index in [0.29, 0.717) is 32.6 Å². The van der Waals surface area contributed by atoms with Gasteiger partial charge in [0, 0.05) is 50.3 Å². The zero-order valence-electron chi connectivity index (χ0n) is 17.4. The highest BCUT2D eigenvalue weighted by molar-refractivity contribution is 5.83. The smallest absolute Gasteiger partial charge is 0.361 e. The van der Waals surface area contributed by atoms with Crippen LogP contribution in [0.25, 0.3) is 10.9 Å². The fourth-order valence-corrected chi connectivity index (χ4v) is 4.10. The van der Waals surface area contributed by atoms with Gasteiger partial charge in [-0.1, -0.05) is 6.92 Å². The number of H-pyrrole nitrogens is 1. The number of alkyl halides is 3. The Morgan fingerprint density at radius 3 is 2.87 bits per heavy atom. The Morgan fingerprint density at radius 1 is 1.37 bits per heavy atom. The average molecular weight is 427 g/mol. The van der Waals surface area contributed by atoms with Crippen LogP contribution in [-0.2, 0) is 6.42 Å². The molecular formula is C21H29F4N5.